The van der Waals surface area contributed by atoms with E-state index in [-0.39, 0.29) is 0 Å². The van der Waals surface area contributed by atoms with Gasteiger partial charge in [-0.2, -0.15) is 0 Å². The average Bonchev–Trinajstić information content (AvgIpc) is 3.08. The highest BCUT2D eigenvalue weighted by atomic mass is 35.5. The van der Waals surface area contributed by atoms with Crippen LogP contribution in [0.3, 0.4) is 0 Å². The van der Waals surface area contributed by atoms with Crippen molar-refractivity contribution in [2.24, 2.45) is 0 Å². The second kappa shape index (κ2) is 9.42. The third-order valence-electron chi connectivity index (χ3n) is 9.05. The molecular formula is C42H25Cl. The Kier molecular flexibility index (Phi) is 5.35. The lowest BCUT2D eigenvalue weighted by Gasteiger charge is -2.14. The summed E-state index contributed by atoms with van der Waals surface area (Å²) < 4.78 is 0. The van der Waals surface area contributed by atoms with Gasteiger partial charge in [0.15, 0.2) is 0 Å². The van der Waals surface area contributed by atoms with Crippen molar-refractivity contribution in [3.63, 3.8) is 0 Å². The topological polar surface area (TPSA) is 0 Å². The molecule has 0 fully saturated rings. The predicted octanol–water partition coefficient (Wildman–Crippen LogP) is 12.6. The summed E-state index contributed by atoms with van der Waals surface area (Å²) >= 11 is 6.83. The number of halogens is 1. The second-order valence-electron chi connectivity index (χ2n) is 11.4. The molecule has 0 aliphatic heterocycles. The molecule has 0 bridgehead atoms. The predicted molar refractivity (Wildman–Crippen MR) is 187 cm³/mol. The van der Waals surface area contributed by atoms with Crippen molar-refractivity contribution in [2.45, 2.75) is 0 Å². The zero-order valence-electron chi connectivity index (χ0n) is 23.3. The zero-order valence-corrected chi connectivity index (χ0v) is 24.1. The highest BCUT2D eigenvalue weighted by Gasteiger charge is 2.13. The molecular weight excluding hydrogens is 540 g/mol. The molecule has 9 aromatic carbocycles. The maximum absolute atomic E-state index is 6.83. The van der Waals surface area contributed by atoms with Crippen molar-refractivity contribution < 1.29 is 0 Å². The zero-order chi connectivity index (χ0) is 28.5. The molecule has 9 rings (SSSR count). The van der Waals surface area contributed by atoms with Crippen LogP contribution in [0.1, 0.15) is 0 Å². The summed E-state index contributed by atoms with van der Waals surface area (Å²) in [6.07, 6.45) is 0. The van der Waals surface area contributed by atoms with Gasteiger partial charge in [-0.05, 0) is 117 Å². The van der Waals surface area contributed by atoms with E-state index in [0.717, 1.165) is 27.3 Å². The van der Waals surface area contributed by atoms with E-state index < -0.39 is 0 Å². The van der Waals surface area contributed by atoms with Crippen LogP contribution in [0.5, 0.6) is 0 Å². The Morgan fingerprint density at radius 3 is 0.837 bits per heavy atom. The first-order chi connectivity index (χ1) is 21.2. The lowest BCUT2D eigenvalue weighted by Crippen LogP contribution is -1.87. The molecule has 0 radical (unpaired) electrons. The van der Waals surface area contributed by atoms with Crippen LogP contribution in [0.25, 0.3) is 86.9 Å². The van der Waals surface area contributed by atoms with Gasteiger partial charge in [-0.15, -0.1) is 0 Å². The first-order valence-electron chi connectivity index (χ1n) is 14.7. The fourth-order valence-electron chi connectivity index (χ4n) is 7.10. The summed E-state index contributed by atoms with van der Waals surface area (Å²) in [4.78, 5) is 0. The molecule has 0 saturated heterocycles. The van der Waals surface area contributed by atoms with Crippen molar-refractivity contribution in [3.8, 4) is 22.3 Å². The Labute approximate surface area is 254 Å². The van der Waals surface area contributed by atoms with Crippen molar-refractivity contribution in [1.29, 1.82) is 0 Å². The maximum atomic E-state index is 6.83. The van der Waals surface area contributed by atoms with Gasteiger partial charge in [-0.25, -0.2) is 0 Å². The third kappa shape index (κ3) is 3.77. The molecule has 0 nitrogen and oxygen atoms in total. The van der Waals surface area contributed by atoms with Crippen LogP contribution in [0.15, 0.2) is 152 Å². The largest absolute Gasteiger partial charge is 0.0843 e. The van der Waals surface area contributed by atoms with Crippen LogP contribution in [-0.4, -0.2) is 0 Å². The number of hydrogen-bond donors (Lipinski definition) is 0. The Bertz CT molecular complexity index is 2330. The highest BCUT2D eigenvalue weighted by molar-refractivity contribution is 6.31. The van der Waals surface area contributed by atoms with Crippen molar-refractivity contribution >= 4 is 76.2 Å². The summed E-state index contributed by atoms with van der Waals surface area (Å²) in [5.41, 5.74) is 4.55. The second-order valence-corrected chi connectivity index (χ2v) is 11.9. The number of hydrogen-bond acceptors (Lipinski definition) is 0. The van der Waals surface area contributed by atoms with Gasteiger partial charge in [0.25, 0.3) is 0 Å². The van der Waals surface area contributed by atoms with Gasteiger partial charge >= 0.3 is 0 Å². The lowest BCUT2D eigenvalue weighted by atomic mass is 9.90. The Morgan fingerprint density at radius 2 is 0.512 bits per heavy atom. The van der Waals surface area contributed by atoms with E-state index in [9.17, 15) is 0 Å². The Balaban J connectivity index is 1.25. The molecule has 0 aliphatic carbocycles. The van der Waals surface area contributed by atoms with E-state index in [2.05, 4.69) is 152 Å². The average molecular weight is 565 g/mol. The minimum atomic E-state index is 0.736. The monoisotopic (exact) mass is 564 g/mol. The molecule has 43 heavy (non-hydrogen) atoms. The Morgan fingerprint density at radius 1 is 0.233 bits per heavy atom. The fraction of sp³-hybridized carbons (Fsp3) is 0. The Hall–Kier alpha value is -5.17. The first kappa shape index (κ1) is 24.4. The minimum absolute atomic E-state index is 0.736. The number of rotatable bonds is 2. The lowest BCUT2D eigenvalue weighted by molar-refractivity contribution is 1.62. The standard InChI is InChI=1S/C42H25Cl/c43-30-22-28(26-17-19-39-35-13-3-1-9-31(35)33-11-5-7-15-37(33)41(39)24-26)21-29(23-30)27-18-20-40-36-14-4-2-10-32(36)34-12-6-8-16-38(34)42(40)25-27/h1-25H. The van der Waals surface area contributed by atoms with Gasteiger partial charge in [0.1, 0.15) is 0 Å². The highest BCUT2D eigenvalue weighted by Crippen LogP contribution is 2.40. The van der Waals surface area contributed by atoms with Crippen molar-refractivity contribution in [3.05, 3.63) is 157 Å². The van der Waals surface area contributed by atoms with E-state index in [1.807, 2.05) is 0 Å². The van der Waals surface area contributed by atoms with Crippen molar-refractivity contribution in [1.82, 2.24) is 0 Å². The number of fused-ring (bicyclic) bond motifs is 12. The van der Waals surface area contributed by atoms with Gasteiger partial charge in [-0.1, -0.05) is 133 Å². The van der Waals surface area contributed by atoms with Crippen LogP contribution in [0.4, 0.5) is 0 Å². The van der Waals surface area contributed by atoms with Crippen molar-refractivity contribution in [2.75, 3.05) is 0 Å². The molecule has 0 spiro atoms. The summed E-state index contributed by atoms with van der Waals surface area (Å²) in [5, 5.41) is 16.1. The van der Waals surface area contributed by atoms with E-state index in [4.69, 9.17) is 11.6 Å². The van der Waals surface area contributed by atoms with Crippen LogP contribution in [0.2, 0.25) is 5.02 Å². The molecule has 9 aromatic rings. The molecule has 0 aliphatic rings. The van der Waals surface area contributed by atoms with E-state index in [1.54, 1.807) is 0 Å². The quantitative estimate of drug-likeness (QED) is 0.183. The molecule has 0 aromatic heterocycles. The van der Waals surface area contributed by atoms with E-state index in [1.165, 1.54) is 64.6 Å². The fourth-order valence-corrected chi connectivity index (χ4v) is 7.33. The molecule has 1 heteroatoms. The molecule has 200 valence electrons. The maximum Gasteiger partial charge on any atom is 0.0418 e. The molecule has 0 amide bonds. The van der Waals surface area contributed by atoms with Gasteiger partial charge in [-0.3, -0.25) is 0 Å². The summed E-state index contributed by atoms with van der Waals surface area (Å²) in [6.45, 7) is 0. The van der Waals surface area contributed by atoms with Crippen LogP contribution in [-0.2, 0) is 0 Å². The van der Waals surface area contributed by atoms with Gasteiger partial charge < -0.3 is 0 Å². The van der Waals surface area contributed by atoms with Crippen LogP contribution >= 0.6 is 11.6 Å². The van der Waals surface area contributed by atoms with Gasteiger partial charge in [0, 0.05) is 5.02 Å². The smallest absolute Gasteiger partial charge is 0.0418 e. The summed E-state index contributed by atoms with van der Waals surface area (Å²) in [7, 11) is 0. The molecule has 0 saturated carbocycles. The van der Waals surface area contributed by atoms with E-state index >= 15 is 0 Å². The SMILES string of the molecule is Clc1cc(-c2ccc3c4ccccc4c4ccccc4c3c2)cc(-c2ccc3c4ccccc4c4ccccc4c3c2)c1. The molecule has 0 atom stereocenters. The minimum Gasteiger partial charge on any atom is -0.0843 e. The molecule has 0 N–H and O–H groups in total. The van der Waals surface area contributed by atoms with Gasteiger partial charge in [0.2, 0.25) is 0 Å². The van der Waals surface area contributed by atoms with E-state index in [0.29, 0.717) is 0 Å². The first-order valence-corrected chi connectivity index (χ1v) is 15.1. The summed E-state index contributed by atoms with van der Waals surface area (Å²) in [6, 6.07) is 55.0. The molecule has 0 heterocycles. The van der Waals surface area contributed by atoms with Gasteiger partial charge in [0.05, 0.1) is 0 Å². The third-order valence-corrected chi connectivity index (χ3v) is 9.27. The van der Waals surface area contributed by atoms with Crippen LogP contribution in [0, 0.1) is 0 Å². The summed E-state index contributed by atoms with van der Waals surface area (Å²) in [5.74, 6) is 0. The van der Waals surface area contributed by atoms with Crippen LogP contribution < -0.4 is 0 Å². The molecule has 0 unspecified atom stereocenters. The number of benzene rings is 9. The normalized spacial score (nSPS) is 11.8.